The molecule has 0 saturated carbocycles. The number of unbranched alkanes of at least 4 members (excludes halogenated alkanes) is 1. The standard InChI is InChI=1S/C14H26O2/c1-4-5-11-16-12-14(3)8-6-7-13(2)9-10-15/h8,10,13H,4-7,9,11-12H2,1-3H3/b14-8-. The molecule has 0 N–H and O–H groups in total. The molecule has 0 fully saturated rings. The smallest absolute Gasteiger partial charge is 0.120 e. The minimum Gasteiger partial charge on any atom is -0.377 e. The number of hydrogen-bond donors (Lipinski definition) is 0. The van der Waals surface area contributed by atoms with E-state index in [9.17, 15) is 4.79 Å². The van der Waals surface area contributed by atoms with E-state index in [1.165, 1.54) is 12.0 Å². The zero-order valence-corrected chi connectivity index (χ0v) is 11.0. The van der Waals surface area contributed by atoms with Crippen molar-refractivity contribution in [3.05, 3.63) is 11.6 Å². The van der Waals surface area contributed by atoms with E-state index in [-0.39, 0.29) is 0 Å². The van der Waals surface area contributed by atoms with Crippen LogP contribution in [0.25, 0.3) is 0 Å². The molecule has 0 aromatic carbocycles. The van der Waals surface area contributed by atoms with Crippen LogP contribution in [0.4, 0.5) is 0 Å². The Balaban J connectivity index is 3.50. The fourth-order valence-electron chi connectivity index (χ4n) is 1.43. The van der Waals surface area contributed by atoms with Crippen LogP contribution < -0.4 is 0 Å². The number of aldehydes is 1. The van der Waals surface area contributed by atoms with Gasteiger partial charge in [0.05, 0.1) is 6.61 Å². The van der Waals surface area contributed by atoms with Crippen molar-refractivity contribution in [2.24, 2.45) is 5.92 Å². The maximum atomic E-state index is 10.3. The number of carbonyl (C=O) groups is 1. The average Bonchev–Trinajstić information content (AvgIpc) is 2.25. The predicted molar refractivity (Wildman–Crippen MR) is 68.6 cm³/mol. The molecule has 16 heavy (non-hydrogen) atoms. The molecular weight excluding hydrogens is 200 g/mol. The van der Waals surface area contributed by atoms with Crippen molar-refractivity contribution in [2.75, 3.05) is 13.2 Å². The van der Waals surface area contributed by atoms with Crippen LogP contribution in [0.3, 0.4) is 0 Å². The lowest BCUT2D eigenvalue weighted by Gasteiger charge is -2.06. The zero-order valence-electron chi connectivity index (χ0n) is 11.0. The third kappa shape index (κ3) is 9.91. The molecular formula is C14H26O2. The summed E-state index contributed by atoms with van der Waals surface area (Å²) >= 11 is 0. The molecule has 94 valence electrons. The highest BCUT2D eigenvalue weighted by Gasteiger charge is 1.99. The first-order valence-electron chi connectivity index (χ1n) is 6.37. The van der Waals surface area contributed by atoms with Gasteiger partial charge in [0.2, 0.25) is 0 Å². The summed E-state index contributed by atoms with van der Waals surface area (Å²) in [5.41, 5.74) is 1.30. The van der Waals surface area contributed by atoms with Crippen molar-refractivity contribution in [3.63, 3.8) is 0 Å². The monoisotopic (exact) mass is 226 g/mol. The summed E-state index contributed by atoms with van der Waals surface area (Å²) in [4.78, 5) is 10.3. The molecule has 0 aliphatic carbocycles. The van der Waals surface area contributed by atoms with Gasteiger partial charge in [-0.05, 0) is 32.1 Å². The predicted octanol–water partition coefficient (Wildman–Crippen LogP) is 3.75. The van der Waals surface area contributed by atoms with E-state index in [4.69, 9.17) is 4.74 Å². The molecule has 0 radical (unpaired) electrons. The van der Waals surface area contributed by atoms with E-state index >= 15 is 0 Å². The second-order valence-corrected chi connectivity index (χ2v) is 4.54. The van der Waals surface area contributed by atoms with Crippen LogP contribution in [0.5, 0.6) is 0 Å². The summed E-state index contributed by atoms with van der Waals surface area (Å²) in [7, 11) is 0. The molecule has 0 spiro atoms. The van der Waals surface area contributed by atoms with E-state index in [1.807, 2.05) is 0 Å². The fourth-order valence-corrected chi connectivity index (χ4v) is 1.43. The van der Waals surface area contributed by atoms with Crippen molar-refractivity contribution in [1.29, 1.82) is 0 Å². The molecule has 1 unspecified atom stereocenters. The molecule has 0 aliphatic rings. The lowest BCUT2D eigenvalue weighted by atomic mass is 10.0. The van der Waals surface area contributed by atoms with E-state index in [0.717, 1.165) is 38.8 Å². The largest absolute Gasteiger partial charge is 0.377 e. The average molecular weight is 226 g/mol. The summed E-state index contributed by atoms with van der Waals surface area (Å²) in [5, 5.41) is 0. The van der Waals surface area contributed by atoms with Gasteiger partial charge in [0.25, 0.3) is 0 Å². The first-order valence-corrected chi connectivity index (χ1v) is 6.37. The molecule has 1 atom stereocenters. The molecule has 0 heterocycles. The van der Waals surface area contributed by atoms with Gasteiger partial charge in [0.15, 0.2) is 0 Å². The van der Waals surface area contributed by atoms with Crippen LogP contribution in [-0.4, -0.2) is 19.5 Å². The van der Waals surface area contributed by atoms with Gasteiger partial charge in [0, 0.05) is 13.0 Å². The topological polar surface area (TPSA) is 26.3 Å². The Kier molecular flexibility index (Phi) is 10.4. The van der Waals surface area contributed by atoms with Gasteiger partial charge in [-0.2, -0.15) is 0 Å². The summed E-state index contributed by atoms with van der Waals surface area (Å²) in [6, 6.07) is 0. The number of rotatable bonds is 10. The van der Waals surface area contributed by atoms with Gasteiger partial charge in [-0.15, -0.1) is 0 Å². The Hall–Kier alpha value is -0.630. The molecule has 0 bridgehead atoms. The molecule has 0 aliphatic heterocycles. The highest BCUT2D eigenvalue weighted by Crippen LogP contribution is 2.10. The Morgan fingerprint density at radius 2 is 2.19 bits per heavy atom. The Bertz CT molecular complexity index is 197. The molecule has 0 rings (SSSR count). The molecule has 2 heteroatoms. The normalized spacial score (nSPS) is 13.8. The molecule has 0 amide bonds. The van der Waals surface area contributed by atoms with Gasteiger partial charge >= 0.3 is 0 Å². The van der Waals surface area contributed by atoms with Crippen LogP contribution in [0.15, 0.2) is 11.6 Å². The van der Waals surface area contributed by atoms with Gasteiger partial charge in [-0.3, -0.25) is 0 Å². The van der Waals surface area contributed by atoms with E-state index in [0.29, 0.717) is 12.3 Å². The lowest BCUT2D eigenvalue weighted by Crippen LogP contribution is -1.98. The second-order valence-electron chi connectivity index (χ2n) is 4.54. The van der Waals surface area contributed by atoms with Crippen LogP contribution in [-0.2, 0) is 9.53 Å². The summed E-state index contributed by atoms with van der Waals surface area (Å²) in [5.74, 6) is 0.502. The fraction of sp³-hybridized carbons (Fsp3) is 0.786. The SMILES string of the molecule is CCCCOC/C(C)=C\CCC(C)CC=O. The minimum atomic E-state index is 0.502. The third-order valence-electron chi connectivity index (χ3n) is 2.62. The Labute approximate surface area is 100 Å². The Morgan fingerprint density at radius 1 is 1.44 bits per heavy atom. The van der Waals surface area contributed by atoms with E-state index in [1.54, 1.807) is 0 Å². The summed E-state index contributed by atoms with van der Waals surface area (Å²) in [6.45, 7) is 8.01. The first-order chi connectivity index (χ1) is 7.70. The maximum absolute atomic E-state index is 10.3. The highest BCUT2D eigenvalue weighted by molar-refractivity contribution is 5.49. The van der Waals surface area contributed by atoms with Crippen LogP contribution in [0, 0.1) is 5.92 Å². The summed E-state index contributed by atoms with van der Waals surface area (Å²) < 4.78 is 5.52. The molecule has 0 aromatic rings. The number of allylic oxidation sites excluding steroid dienone is 1. The van der Waals surface area contributed by atoms with Gasteiger partial charge in [-0.25, -0.2) is 0 Å². The van der Waals surface area contributed by atoms with Crippen molar-refractivity contribution in [3.8, 4) is 0 Å². The van der Waals surface area contributed by atoms with Crippen LogP contribution >= 0.6 is 0 Å². The number of ether oxygens (including phenoxy) is 1. The molecule has 0 aromatic heterocycles. The van der Waals surface area contributed by atoms with Crippen molar-refractivity contribution in [1.82, 2.24) is 0 Å². The highest BCUT2D eigenvalue weighted by atomic mass is 16.5. The van der Waals surface area contributed by atoms with Crippen molar-refractivity contribution < 1.29 is 9.53 Å². The van der Waals surface area contributed by atoms with Gasteiger partial charge < -0.3 is 9.53 Å². The third-order valence-corrected chi connectivity index (χ3v) is 2.62. The zero-order chi connectivity index (χ0) is 12.2. The summed E-state index contributed by atoms with van der Waals surface area (Å²) in [6.07, 6.45) is 8.39. The first kappa shape index (κ1) is 15.4. The van der Waals surface area contributed by atoms with Crippen LogP contribution in [0.2, 0.25) is 0 Å². The lowest BCUT2D eigenvalue weighted by molar-refractivity contribution is -0.108. The van der Waals surface area contributed by atoms with Gasteiger partial charge in [0.1, 0.15) is 6.29 Å². The second kappa shape index (κ2) is 10.9. The van der Waals surface area contributed by atoms with Crippen molar-refractivity contribution >= 4 is 6.29 Å². The molecule has 2 nitrogen and oxygen atoms in total. The number of hydrogen-bond acceptors (Lipinski definition) is 2. The van der Waals surface area contributed by atoms with Crippen molar-refractivity contribution in [2.45, 2.75) is 52.9 Å². The van der Waals surface area contributed by atoms with E-state index < -0.39 is 0 Å². The van der Waals surface area contributed by atoms with Crippen LogP contribution in [0.1, 0.15) is 52.9 Å². The quantitative estimate of drug-likeness (QED) is 0.322. The maximum Gasteiger partial charge on any atom is 0.120 e. The minimum absolute atomic E-state index is 0.502. The van der Waals surface area contributed by atoms with Gasteiger partial charge in [-0.1, -0.05) is 31.9 Å². The van der Waals surface area contributed by atoms with E-state index in [2.05, 4.69) is 26.8 Å². The Morgan fingerprint density at radius 3 is 2.81 bits per heavy atom. The number of carbonyl (C=O) groups excluding carboxylic acids is 1. The molecule has 0 saturated heterocycles.